The zero-order chi connectivity index (χ0) is 12.3. The predicted octanol–water partition coefficient (Wildman–Crippen LogP) is 1.79. The Labute approximate surface area is 96.4 Å². The molecular formula is C12H21NO3. The van der Waals surface area contributed by atoms with Crippen LogP contribution in [0.4, 0.5) is 0 Å². The van der Waals surface area contributed by atoms with Gasteiger partial charge in [-0.05, 0) is 24.2 Å². The van der Waals surface area contributed by atoms with Gasteiger partial charge in [0.25, 0.3) is 0 Å². The van der Waals surface area contributed by atoms with Gasteiger partial charge < -0.3 is 10.4 Å². The Balaban J connectivity index is 2.30. The lowest BCUT2D eigenvalue weighted by atomic mass is 9.81. The Morgan fingerprint density at radius 3 is 2.31 bits per heavy atom. The fourth-order valence-electron chi connectivity index (χ4n) is 2.21. The van der Waals surface area contributed by atoms with Gasteiger partial charge in [0.1, 0.15) is 0 Å². The molecule has 0 heterocycles. The van der Waals surface area contributed by atoms with Gasteiger partial charge in [0.2, 0.25) is 5.91 Å². The average Bonchev–Trinajstić information content (AvgIpc) is 1.96. The Morgan fingerprint density at radius 1 is 1.31 bits per heavy atom. The predicted molar refractivity (Wildman–Crippen MR) is 61.0 cm³/mol. The highest BCUT2D eigenvalue weighted by atomic mass is 16.4. The molecule has 4 nitrogen and oxygen atoms in total. The van der Waals surface area contributed by atoms with E-state index in [1.165, 1.54) is 0 Å². The molecular weight excluding hydrogens is 206 g/mol. The van der Waals surface area contributed by atoms with E-state index in [-0.39, 0.29) is 18.7 Å². The van der Waals surface area contributed by atoms with Crippen LogP contribution in [0.3, 0.4) is 0 Å². The standard InChI is InChI=1S/C12H21NO3/c1-8-4-9(5-8)13-10(14)6-12(2,3)7-11(15)16/h8-9H,4-7H2,1-3H3,(H,13,14)(H,15,16). The normalized spacial score (nSPS) is 24.7. The fourth-order valence-corrected chi connectivity index (χ4v) is 2.21. The third-order valence-electron chi connectivity index (χ3n) is 3.01. The lowest BCUT2D eigenvalue weighted by Crippen LogP contribution is -2.44. The number of carboxylic acid groups (broad SMARTS) is 1. The van der Waals surface area contributed by atoms with Crippen LogP contribution >= 0.6 is 0 Å². The number of aliphatic carboxylic acids is 1. The molecule has 0 saturated heterocycles. The molecule has 0 atom stereocenters. The Kier molecular flexibility index (Phi) is 3.94. The first kappa shape index (κ1) is 13.0. The van der Waals surface area contributed by atoms with E-state index in [9.17, 15) is 9.59 Å². The topological polar surface area (TPSA) is 66.4 Å². The molecule has 0 aromatic heterocycles. The van der Waals surface area contributed by atoms with Crippen molar-refractivity contribution in [1.29, 1.82) is 0 Å². The van der Waals surface area contributed by atoms with E-state index in [1.807, 2.05) is 13.8 Å². The molecule has 0 radical (unpaired) electrons. The maximum Gasteiger partial charge on any atom is 0.303 e. The smallest absolute Gasteiger partial charge is 0.303 e. The van der Waals surface area contributed by atoms with Crippen LogP contribution in [-0.4, -0.2) is 23.0 Å². The highest BCUT2D eigenvalue weighted by Crippen LogP contribution is 2.28. The molecule has 1 amide bonds. The van der Waals surface area contributed by atoms with Crippen LogP contribution in [0.1, 0.15) is 46.5 Å². The van der Waals surface area contributed by atoms with Crippen molar-refractivity contribution >= 4 is 11.9 Å². The molecule has 0 aromatic carbocycles. The number of hydrogen-bond donors (Lipinski definition) is 2. The molecule has 1 aliphatic carbocycles. The van der Waals surface area contributed by atoms with Gasteiger partial charge in [-0.2, -0.15) is 0 Å². The van der Waals surface area contributed by atoms with Crippen molar-refractivity contribution in [1.82, 2.24) is 5.32 Å². The van der Waals surface area contributed by atoms with E-state index in [1.54, 1.807) is 0 Å². The van der Waals surface area contributed by atoms with Crippen molar-refractivity contribution in [2.75, 3.05) is 0 Å². The van der Waals surface area contributed by atoms with E-state index < -0.39 is 11.4 Å². The molecule has 0 aromatic rings. The molecule has 0 unspecified atom stereocenters. The zero-order valence-corrected chi connectivity index (χ0v) is 10.2. The van der Waals surface area contributed by atoms with Crippen LogP contribution in [0, 0.1) is 11.3 Å². The van der Waals surface area contributed by atoms with Gasteiger partial charge in [0, 0.05) is 12.5 Å². The second-order valence-electron chi connectivity index (χ2n) is 5.75. The number of carbonyl (C=O) groups excluding carboxylic acids is 1. The van der Waals surface area contributed by atoms with Crippen LogP contribution in [-0.2, 0) is 9.59 Å². The summed E-state index contributed by atoms with van der Waals surface area (Å²) < 4.78 is 0. The summed E-state index contributed by atoms with van der Waals surface area (Å²) in [5.74, 6) is -0.171. The maximum absolute atomic E-state index is 11.6. The summed E-state index contributed by atoms with van der Waals surface area (Å²) in [4.78, 5) is 22.2. The summed E-state index contributed by atoms with van der Waals surface area (Å²) in [6.07, 6.45) is 2.40. The highest BCUT2D eigenvalue weighted by molar-refractivity contribution is 5.78. The fraction of sp³-hybridized carbons (Fsp3) is 0.833. The number of amides is 1. The van der Waals surface area contributed by atoms with E-state index in [2.05, 4.69) is 12.2 Å². The van der Waals surface area contributed by atoms with E-state index >= 15 is 0 Å². The summed E-state index contributed by atoms with van der Waals surface area (Å²) in [5, 5.41) is 11.6. The van der Waals surface area contributed by atoms with Crippen molar-refractivity contribution in [2.24, 2.45) is 11.3 Å². The molecule has 2 N–H and O–H groups in total. The quantitative estimate of drug-likeness (QED) is 0.752. The Bertz CT molecular complexity index is 280. The summed E-state index contributed by atoms with van der Waals surface area (Å²) in [5.41, 5.74) is -0.467. The number of carbonyl (C=O) groups is 2. The van der Waals surface area contributed by atoms with Crippen LogP contribution in [0.25, 0.3) is 0 Å². The van der Waals surface area contributed by atoms with Gasteiger partial charge in [-0.15, -0.1) is 0 Å². The Hall–Kier alpha value is -1.06. The van der Waals surface area contributed by atoms with Crippen LogP contribution < -0.4 is 5.32 Å². The summed E-state index contributed by atoms with van der Waals surface area (Å²) in [6.45, 7) is 5.78. The van der Waals surface area contributed by atoms with Crippen LogP contribution in [0.15, 0.2) is 0 Å². The molecule has 1 rings (SSSR count). The summed E-state index contributed by atoms with van der Waals surface area (Å²) >= 11 is 0. The molecule has 1 aliphatic rings. The molecule has 0 spiro atoms. The third-order valence-corrected chi connectivity index (χ3v) is 3.01. The van der Waals surface area contributed by atoms with E-state index in [4.69, 9.17) is 5.11 Å². The minimum absolute atomic E-state index is 0.0249. The second-order valence-corrected chi connectivity index (χ2v) is 5.75. The van der Waals surface area contributed by atoms with E-state index in [0.29, 0.717) is 12.0 Å². The largest absolute Gasteiger partial charge is 0.481 e. The molecule has 0 bridgehead atoms. The molecule has 92 valence electrons. The Morgan fingerprint density at radius 2 is 1.88 bits per heavy atom. The van der Waals surface area contributed by atoms with E-state index in [0.717, 1.165) is 12.8 Å². The third kappa shape index (κ3) is 4.21. The summed E-state index contributed by atoms with van der Waals surface area (Å²) in [7, 11) is 0. The van der Waals surface area contributed by atoms with Gasteiger partial charge in [-0.1, -0.05) is 20.8 Å². The number of hydrogen-bond acceptors (Lipinski definition) is 2. The van der Waals surface area contributed by atoms with Crippen molar-refractivity contribution in [3.8, 4) is 0 Å². The van der Waals surface area contributed by atoms with Crippen molar-refractivity contribution in [3.63, 3.8) is 0 Å². The first-order valence-corrected chi connectivity index (χ1v) is 5.80. The van der Waals surface area contributed by atoms with Crippen LogP contribution in [0.5, 0.6) is 0 Å². The average molecular weight is 227 g/mol. The van der Waals surface area contributed by atoms with Gasteiger partial charge >= 0.3 is 5.97 Å². The summed E-state index contributed by atoms with van der Waals surface area (Å²) in [6, 6.07) is 0.308. The molecule has 0 aliphatic heterocycles. The minimum Gasteiger partial charge on any atom is -0.481 e. The molecule has 16 heavy (non-hydrogen) atoms. The van der Waals surface area contributed by atoms with Gasteiger partial charge in [0.05, 0.1) is 6.42 Å². The van der Waals surface area contributed by atoms with Crippen molar-refractivity contribution < 1.29 is 14.7 Å². The van der Waals surface area contributed by atoms with Crippen molar-refractivity contribution in [2.45, 2.75) is 52.5 Å². The van der Waals surface area contributed by atoms with Crippen LogP contribution in [0.2, 0.25) is 0 Å². The monoisotopic (exact) mass is 227 g/mol. The zero-order valence-electron chi connectivity index (χ0n) is 10.2. The molecule has 4 heteroatoms. The lowest BCUT2D eigenvalue weighted by Gasteiger charge is -2.34. The van der Waals surface area contributed by atoms with Crippen molar-refractivity contribution in [3.05, 3.63) is 0 Å². The minimum atomic E-state index is -0.852. The SMILES string of the molecule is CC1CC(NC(=O)CC(C)(C)CC(=O)O)C1. The highest BCUT2D eigenvalue weighted by Gasteiger charge is 2.30. The van der Waals surface area contributed by atoms with Gasteiger partial charge in [-0.25, -0.2) is 0 Å². The van der Waals surface area contributed by atoms with Gasteiger partial charge in [-0.3, -0.25) is 9.59 Å². The molecule has 1 fully saturated rings. The second kappa shape index (κ2) is 4.85. The first-order chi connectivity index (χ1) is 7.28. The number of nitrogens with one attached hydrogen (secondary N) is 1. The number of rotatable bonds is 5. The lowest BCUT2D eigenvalue weighted by molar-refractivity contribution is -0.139. The maximum atomic E-state index is 11.6. The first-order valence-electron chi connectivity index (χ1n) is 5.80. The van der Waals surface area contributed by atoms with Gasteiger partial charge in [0.15, 0.2) is 0 Å². The molecule has 1 saturated carbocycles. The number of carboxylic acids is 1.